The smallest absolute Gasteiger partial charge is 0.318 e. The SMILES string of the molecule is CCOc1ccc(-n2c(SC(C)C(=O)OC)nnc2-c2cn(S(=O)(=O)c3ccccc3)c3ccccc23)cc1. The van der Waals surface area contributed by atoms with Gasteiger partial charge in [-0.15, -0.1) is 10.2 Å². The number of esters is 1. The number of nitrogens with zero attached hydrogens (tertiary/aromatic N) is 4. The van der Waals surface area contributed by atoms with Crippen LogP contribution in [0, 0.1) is 0 Å². The molecule has 2 heterocycles. The molecule has 11 heteroatoms. The van der Waals surface area contributed by atoms with E-state index in [2.05, 4.69) is 10.2 Å². The minimum Gasteiger partial charge on any atom is -0.494 e. The number of fused-ring (bicyclic) bond motifs is 1. The van der Waals surface area contributed by atoms with E-state index < -0.39 is 21.2 Å². The van der Waals surface area contributed by atoms with E-state index >= 15 is 0 Å². The van der Waals surface area contributed by atoms with E-state index in [1.165, 1.54) is 22.8 Å². The summed E-state index contributed by atoms with van der Waals surface area (Å²) in [6.07, 6.45) is 1.57. The zero-order valence-corrected chi connectivity index (χ0v) is 23.1. The number of rotatable bonds is 9. The zero-order valence-electron chi connectivity index (χ0n) is 21.5. The molecule has 0 amide bonds. The Morgan fingerprint density at radius 2 is 1.67 bits per heavy atom. The molecule has 0 bridgehead atoms. The van der Waals surface area contributed by atoms with Crippen molar-refractivity contribution >= 4 is 38.7 Å². The first-order valence-corrected chi connectivity index (χ1v) is 14.5. The predicted molar refractivity (Wildman–Crippen MR) is 150 cm³/mol. The van der Waals surface area contributed by atoms with Crippen molar-refractivity contribution in [2.45, 2.75) is 29.1 Å². The zero-order chi connectivity index (χ0) is 27.6. The van der Waals surface area contributed by atoms with Crippen LogP contribution in [0.5, 0.6) is 5.75 Å². The number of hydrogen-bond acceptors (Lipinski definition) is 8. The van der Waals surface area contributed by atoms with Crippen LogP contribution in [-0.2, 0) is 19.6 Å². The fraction of sp³-hybridized carbons (Fsp3) is 0.179. The molecule has 39 heavy (non-hydrogen) atoms. The van der Waals surface area contributed by atoms with Gasteiger partial charge < -0.3 is 9.47 Å². The van der Waals surface area contributed by atoms with Crippen LogP contribution < -0.4 is 4.74 Å². The lowest BCUT2D eigenvalue weighted by molar-refractivity contribution is -0.139. The monoisotopic (exact) mass is 562 g/mol. The first kappa shape index (κ1) is 26.5. The summed E-state index contributed by atoms with van der Waals surface area (Å²) in [5.41, 5.74) is 1.81. The van der Waals surface area contributed by atoms with Crippen LogP contribution in [-0.4, -0.2) is 52.1 Å². The fourth-order valence-electron chi connectivity index (χ4n) is 4.22. The number of methoxy groups -OCH3 is 1. The molecule has 0 radical (unpaired) electrons. The Balaban J connectivity index is 1.71. The molecule has 1 atom stereocenters. The summed E-state index contributed by atoms with van der Waals surface area (Å²) in [6.45, 7) is 4.17. The van der Waals surface area contributed by atoms with E-state index in [1.54, 1.807) is 60.2 Å². The molecule has 5 aromatic rings. The van der Waals surface area contributed by atoms with Crippen molar-refractivity contribution < 1.29 is 22.7 Å². The topological polar surface area (TPSA) is 105 Å². The molecule has 0 fully saturated rings. The van der Waals surface area contributed by atoms with E-state index in [9.17, 15) is 13.2 Å². The van der Waals surface area contributed by atoms with Crippen molar-refractivity contribution in [3.8, 4) is 22.8 Å². The molecule has 2 aromatic heterocycles. The third kappa shape index (κ3) is 5.02. The van der Waals surface area contributed by atoms with E-state index in [0.29, 0.717) is 39.8 Å². The van der Waals surface area contributed by atoms with E-state index in [-0.39, 0.29) is 4.90 Å². The van der Waals surface area contributed by atoms with Crippen LogP contribution in [0.2, 0.25) is 0 Å². The Bertz CT molecular complexity index is 1730. The van der Waals surface area contributed by atoms with Gasteiger partial charge in [0.2, 0.25) is 0 Å². The molecule has 0 N–H and O–H groups in total. The lowest BCUT2D eigenvalue weighted by Gasteiger charge is -2.13. The summed E-state index contributed by atoms with van der Waals surface area (Å²) in [6, 6.07) is 22.9. The highest BCUT2D eigenvalue weighted by Gasteiger charge is 2.27. The molecule has 0 saturated heterocycles. The van der Waals surface area contributed by atoms with Crippen molar-refractivity contribution in [3.05, 3.63) is 85.1 Å². The minimum absolute atomic E-state index is 0.174. The molecule has 200 valence electrons. The van der Waals surface area contributed by atoms with Gasteiger partial charge >= 0.3 is 5.97 Å². The Kier molecular flexibility index (Phi) is 7.45. The second-order valence-corrected chi connectivity index (χ2v) is 11.6. The maximum absolute atomic E-state index is 13.7. The number of para-hydroxylation sites is 1. The Hall–Kier alpha value is -4.09. The van der Waals surface area contributed by atoms with Crippen molar-refractivity contribution in [3.63, 3.8) is 0 Å². The number of aromatic nitrogens is 4. The second-order valence-electron chi connectivity index (χ2n) is 8.53. The van der Waals surface area contributed by atoms with Crippen LogP contribution in [0.15, 0.2) is 95.1 Å². The first-order chi connectivity index (χ1) is 18.8. The minimum atomic E-state index is -3.89. The molecule has 0 aliphatic carbocycles. The van der Waals surface area contributed by atoms with Gasteiger partial charge in [-0.1, -0.05) is 48.2 Å². The Morgan fingerprint density at radius 1 is 0.974 bits per heavy atom. The average molecular weight is 563 g/mol. The van der Waals surface area contributed by atoms with Crippen molar-refractivity contribution in [2.24, 2.45) is 0 Å². The third-order valence-corrected chi connectivity index (χ3v) is 8.78. The summed E-state index contributed by atoms with van der Waals surface area (Å²) < 4.78 is 40.9. The summed E-state index contributed by atoms with van der Waals surface area (Å²) >= 11 is 1.20. The standard InChI is InChI=1S/C28H26N4O5S2/c1-4-37-21-16-14-20(15-17-21)32-26(29-30-28(32)38-19(2)27(33)36-3)24-18-31(25-13-9-8-12-23(24)25)39(34,35)22-10-6-5-7-11-22/h5-19H,4H2,1-3H3. The van der Waals surface area contributed by atoms with Crippen molar-refractivity contribution in [1.82, 2.24) is 18.7 Å². The Morgan fingerprint density at radius 3 is 2.36 bits per heavy atom. The molecule has 0 aliphatic rings. The molecule has 0 aliphatic heterocycles. The number of carbonyl (C=O) groups is 1. The van der Waals surface area contributed by atoms with Crippen LogP contribution in [0.1, 0.15) is 13.8 Å². The molecular formula is C28H26N4O5S2. The van der Waals surface area contributed by atoms with Gasteiger partial charge in [-0.05, 0) is 56.3 Å². The summed E-state index contributed by atoms with van der Waals surface area (Å²) in [5, 5.41) is 9.47. The lowest BCUT2D eigenvalue weighted by Crippen LogP contribution is -2.15. The van der Waals surface area contributed by atoms with Gasteiger partial charge in [-0.2, -0.15) is 0 Å². The average Bonchev–Trinajstić information content (AvgIpc) is 3.55. The van der Waals surface area contributed by atoms with Crippen molar-refractivity contribution in [1.29, 1.82) is 0 Å². The molecule has 0 spiro atoms. The van der Waals surface area contributed by atoms with E-state index in [4.69, 9.17) is 9.47 Å². The number of benzene rings is 3. The van der Waals surface area contributed by atoms with Crippen LogP contribution in [0.3, 0.4) is 0 Å². The largest absolute Gasteiger partial charge is 0.494 e. The molecule has 3 aromatic carbocycles. The van der Waals surface area contributed by atoms with Crippen LogP contribution in [0.4, 0.5) is 0 Å². The number of thioether (sulfide) groups is 1. The maximum Gasteiger partial charge on any atom is 0.318 e. The normalized spacial score (nSPS) is 12.4. The molecule has 5 rings (SSSR count). The highest BCUT2D eigenvalue weighted by Crippen LogP contribution is 2.36. The lowest BCUT2D eigenvalue weighted by atomic mass is 10.1. The highest BCUT2D eigenvalue weighted by molar-refractivity contribution is 8.00. The van der Waals surface area contributed by atoms with E-state index in [0.717, 1.165) is 5.69 Å². The van der Waals surface area contributed by atoms with Gasteiger partial charge in [0.05, 0.1) is 24.1 Å². The second kappa shape index (κ2) is 11.0. The maximum atomic E-state index is 13.7. The molecule has 0 saturated carbocycles. The fourth-order valence-corrected chi connectivity index (χ4v) is 6.50. The first-order valence-electron chi connectivity index (χ1n) is 12.2. The van der Waals surface area contributed by atoms with Gasteiger partial charge in [0.15, 0.2) is 11.0 Å². The Labute approximate surface area is 230 Å². The quantitative estimate of drug-likeness (QED) is 0.179. The molecule has 9 nitrogen and oxygen atoms in total. The van der Waals surface area contributed by atoms with Gasteiger partial charge in [-0.25, -0.2) is 12.4 Å². The summed E-state index contributed by atoms with van der Waals surface area (Å²) in [5.74, 6) is 0.740. The number of ether oxygens (including phenoxy) is 2. The van der Waals surface area contributed by atoms with Crippen molar-refractivity contribution in [2.75, 3.05) is 13.7 Å². The van der Waals surface area contributed by atoms with Gasteiger partial charge in [0.25, 0.3) is 10.0 Å². The highest BCUT2D eigenvalue weighted by atomic mass is 32.2. The molecule has 1 unspecified atom stereocenters. The van der Waals surface area contributed by atoms with Crippen LogP contribution >= 0.6 is 11.8 Å². The van der Waals surface area contributed by atoms with Gasteiger partial charge in [0, 0.05) is 22.8 Å². The van der Waals surface area contributed by atoms with E-state index in [1.807, 2.05) is 43.3 Å². The van der Waals surface area contributed by atoms with Gasteiger partial charge in [-0.3, -0.25) is 9.36 Å². The summed E-state index contributed by atoms with van der Waals surface area (Å²) in [4.78, 5) is 12.4. The summed E-state index contributed by atoms with van der Waals surface area (Å²) in [7, 11) is -2.56. The molecular weight excluding hydrogens is 536 g/mol. The van der Waals surface area contributed by atoms with Gasteiger partial charge in [0.1, 0.15) is 11.0 Å². The number of hydrogen-bond donors (Lipinski definition) is 0. The third-order valence-electron chi connectivity index (χ3n) is 6.07. The number of carbonyl (C=O) groups excluding carboxylic acids is 1. The predicted octanol–water partition coefficient (Wildman–Crippen LogP) is 5.18. The van der Waals surface area contributed by atoms with Crippen LogP contribution in [0.25, 0.3) is 28.0 Å².